The van der Waals surface area contributed by atoms with Crippen molar-refractivity contribution in [3.05, 3.63) is 64.2 Å². The van der Waals surface area contributed by atoms with Gasteiger partial charge < -0.3 is 10.1 Å². The third kappa shape index (κ3) is 5.10. The Kier molecular flexibility index (Phi) is 5.99. The number of hydrogen-bond acceptors (Lipinski definition) is 3. The van der Waals surface area contributed by atoms with Crippen molar-refractivity contribution in [2.75, 3.05) is 5.32 Å². The van der Waals surface area contributed by atoms with Gasteiger partial charge in [0.15, 0.2) is 6.10 Å². The molecule has 2 aromatic carbocycles. The van der Waals surface area contributed by atoms with Gasteiger partial charge in [-0.25, -0.2) is 0 Å². The zero-order chi connectivity index (χ0) is 17.7. The predicted molar refractivity (Wildman–Crippen MR) is 95.3 cm³/mol. The number of anilines is 1. The van der Waals surface area contributed by atoms with Gasteiger partial charge in [0.1, 0.15) is 0 Å². The van der Waals surface area contributed by atoms with Gasteiger partial charge in [0, 0.05) is 10.7 Å². The molecule has 0 saturated carbocycles. The molecule has 2 rings (SSSR count). The number of amides is 1. The smallest absolute Gasteiger partial charge is 0.311 e. The highest BCUT2D eigenvalue weighted by molar-refractivity contribution is 6.30. The molecule has 0 aliphatic rings. The standard InChI is InChI=1S/C19H20ClNO3/c1-12-4-5-15(10-13(12)2)11-18(22)24-14(3)19(23)21-17-8-6-16(20)7-9-17/h4-10,14H,11H2,1-3H3,(H,21,23)/t14-/m0/s1. The van der Waals surface area contributed by atoms with Gasteiger partial charge in [-0.3, -0.25) is 9.59 Å². The summed E-state index contributed by atoms with van der Waals surface area (Å²) in [6.45, 7) is 5.55. The van der Waals surface area contributed by atoms with E-state index in [0.29, 0.717) is 10.7 Å². The van der Waals surface area contributed by atoms with Gasteiger partial charge in [0.2, 0.25) is 0 Å². The second-order valence-electron chi connectivity index (χ2n) is 5.72. The number of halogens is 1. The van der Waals surface area contributed by atoms with E-state index in [1.165, 1.54) is 5.56 Å². The van der Waals surface area contributed by atoms with Gasteiger partial charge >= 0.3 is 5.97 Å². The van der Waals surface area contributed by atoms with Gasteiger partial charge in [-0.15, -0.1) is 0 Å². The number of nitrogens with one attached hydrogen (secondary N) is 1. The fourth-order valence-corrected chi connectivity index (χ4v) is 2.28. The Labute approximate surface area is 146 Å². The second kappa shape index (κ2) is 7.97. The second-order valence-corrected chi connectivity index (χ2v) is 6.16. The molecule has 0 radical (unpaired) electrons. The van der Waals surface area contributed by atoms with Crippen LogP contribution in [-0.2, 0) is 20.7 Å². The van der Waals surface area contributed by atoms with Crippen LogP contribution >= 0.6 is 11.6 Å². The predicted octanol–water partition coefficient (Wildman–Crippen LogP) is 4.07. The van der Waals surface area contributed by atoms with Crippen LogP contribution in [0.2, 0.25) is 5.02 Å². The summed E-state index contributed by atoms with van der Waals surface area (Å²) in [6.07, 6.45) is -0.737. The number of carbonyl (C=O) groups is 2. The fraction of sp³-hybridized carbons (Fsp3) is 0.263. The molecule has 0 saturated heterocycles. The van der Waals surface area contributed by atoms with Crippen LogP contribution in [0.4, 0.5) is 5.69 Å². The number of esters is 1. The van der Waals surface area contributed by atoms with Crippen molar-refractivity contribution in [1.82, 2.24) is 0 Å². The minimum atomic E-state index is -0.875. The van der Waals surface area contributed by atoms with E-state index in [-0.39, 0.29) is 12.3 Å². The number of carbonyl (C=O) groups excluding carboxylic acids is 2. The van der Waals surface area contributed by atoms with Crippen LogP contribution in [0.15, 0.2) is 42.5 Å². The summed E-state index contributed by atoms with van der Waals surface area (Å²) in [7, 11) is 0. The zero-order valence-electron chi connectivity index (χ0n) is 13.9. The average molecular weight is 346 g/mol. The maximum Gasteiger partial charge on any atom is 0.311 e. The lowest BCUT2D eigenvalue weighted by molar-refractivity contribution is -0.152. The van der Waals surface area contributed by atoms with Crippen LogP contribution < -0.4 is 5.32 Å². The van der Waals surface area contributed by atoms with Gasteiger partial charge in [0.25, 0.3) is 5.91 Å². The number of aryl methyl sites for hydroxylation is 2. The summed E-state index contributed by atoms with van der Waals surface area (Å²) >= 11 is 5.80. The van der Waals surface area contributed by atoms with E-state index in [0.717, 1.165) is 11.1 Å². The average Bonchev–Trinajstić information content (AvgIpc) is 2.53. The molecule has 0 bridgehead atoms. The van der Waals surface area contributed by atoms with E-state index in [1.807, 2.05) is 32.0 Å². The molecule has 0 unspecified atom stereocenters. The van der Waals surface area contributed by atoms with Crippen LogP contribution in [0.3, 0.4) is 0 Å². The van der Waals surface area contributed by atoms with E-state index >= 15 is 0 Å². The van der Waals surface area contributed by atoms with Crippen molar-refractivity contribution in [1.29, 1.82) is 0 Å². The molecule has 4 nitrogen and oxygen atoms in total. The lowest BCUT2D eigenvalue weighted by Crippen LogP contribution is -2.30. The highest BCUT2D eigenvalue weighted by atomic mass is 35.5. The Hall–Kier alpha value is -2.33. The SMILES string of the molecule is Cc1ccc(CC(=O)O[C@@H](C)C(=O)Nc2ccc(Cl)cc2)cc1C. The van der Waals surface area contributed by atoms with Crippen molar-refractivity contribution in [2.24, 2.45) is 0 Å². The molecule has 0 heterocycles. The third-order valence-corrected chi connectivity index (χ3v) is 3.96. The summed E-state index contributed by atoms with van der Waals surface area (Å²) in [5, 5.41) is 3.26. The lowest BCUT2D eigenvalue weighted by Gasteiger charge is -2.14. The topological polar surface area (TPSA) is 55.4 Å². The maximum absolute atomic E-state index is 12.1. The summed E-state index contributed by atoms with van der Waals surface area (Å²) in [5.74, 6) is -0.817. The molecule has 2 aromatic rings. The summed E-state index contributed by atoms with van der Waals surface area (Å²) in [5.41, 5.74) is 3.76. The molecule has 0 fully saturated rings. The molecule has 1 N–H and O–H groups in total. The molecule has 0 aliphatic carbocycles. The van der Waals surface area contributed by atoms with Gasteiger partial charge in [-0.2, -0.15) is 0 Å². The Bertz CT molecular complexity index is 741. The number of rotatable bonds is 5. The van der Waals surface area contributed by atoms with Crippen molar-refractivity contribution in [3.8, 4) is 0 Å². The highest BCUT2D eigenvalue weighted by Gasteiger charge is 2.18. The van der Waals surface area contributed by atoms with Crippen LogP contribution in [0.25, 0.3) is 0 Å². The largest absolute Gasteiger partial charge is 0.452 e. The molecular weight excluding hydrogens is 326 g/mol. The van der Waals surface area contributed by atoms with Gasteiger partial charge in [-0.1, -0.05) is 29.8 Å². The molecule has 0 aliphatic heterocycles. The molecule has 24 heavy (non-hydrogen) atoms. The monoisotopic (exact) mass is 345 g/mol. The first kappa shape index (κ1) is 18.0. The Morgan fingerprint density at radius 2 is 1.75 bits per heavy atom. The quantitative estimate of drug-likeness (QED) is 0.831. The first-order valence-electron chi connectivity index (χ1n) is 7.67. The summed E-state index contributed by atoms with van der Waals surface area (Å²) in [4.78, 5) is 24.1. The molecule has 0 aromatic heterocycles. The summed E-state index contributed by atoms with van der Waals surface area (Å²) < 4.78 is 5.21. The Morgan fingerprint density at radius 3 is 2.38 bits per heavy atom. The van der Waals surface area contributed by atoms with Crippen LogP contribution in [-0.4, -0.2) is 18.0 Å². The van der Waals surface area contributed by atoms with Crippen LogP contribution in [0.5, 0.6) is 0 Å². The van der Waals surface area contributed by atoms with Gasteiger partial charge in [0.05, 0.1) is 6.42 Å². The number of ether oxygens (including phenoxy) is 1. The normalized spacial score (nSPS) is 11.7. The molecule has 126 valence electrons. The van der Waals surface area contributed by atoms with Crippen LogP contribution in [0, 0.1) is 13.8 Å². The van der Waals surface area contributed by atoms with E-state index in [9.17, 15) is 9.59 Å². The van der Waals surface area contributed by atoms with Crippen molar-refractivity contribution in [3.63, 3.8) is 0 Å². The Balaban J connectivity index is 1.89. The molecule has 1 amide bonds. The lowest BCUT2D eigenvalue weighted by atomic mass is 10.0. The number of hydrogen-bond donors (Lipinski definition) is 1. The van der Waals surface area contributed by atoms with Crippen molar-refractivity contribution in [2.45, 2.75) is 33.3 Å². The van der Waals surface area contributed by atoms with E-state index in [4.69, 9.17) is 16.3 Å². The maximum atomic E-state index is 12.1. The fourth-order valence-electron chi connectivity index (χ4n) is 2.15. The van der Waals surface area contributed by atoms with Crippen LogP contribution in [0.1, 0.15) is 23.6 Å². The first-order chi connectivity index (χ1) is 11.3. The van der Waals surface area contributed by atoms with Crippen molar-refractivity contribution >= 4 is 29.2 Å². The minimum absolute atomic E-state index is 0.139. The van der Waals surface area contributed by atoms with E-state index < -0.39 is 12.1 Å². The van der Waals surface area contributed by atoms with E-state index in [2.05, 4.69) is 5.32 Å². The van der Waals surface area contributed by atoms with E-state index in [1.54, 1.807) is 31.2 Å². The molecule has 1 atom stereocenters. The highest BCUT2D eigenvalue weighted by Crippen LogP contribution is 2.14. The third-order valence-electron chi connectivity index (χ3n) is 3.71. The molecule has 0 spiro atoms. The summed E-state index contributed by atoms with van der Waals surface area (Å²) in [6, 6.07) is 12.5. The van der Waals surface area contributed by atoms with Crippen molar-refractivity contribution < 1.29 is 14.3 Å². The first-order valence-corrected chi connectivity index (χ1v) is 8.05. The zero-order valence-corrected chi connectivity index (χ0v) is 14.7. The number of benzene rings is 2. The Morgan fingerprint density at radius 1 is 1.08 bits per heavy atom. The minimum Gasteiger partial charge on any atom is -0.452 e. The molecule has 5 heteroatoms. The van der Waals surface area contributed by atoms with Gasteiger partial charge in [-0.05, 0) is 61.7 Å². The molecular formula is C19H20ClNO3.